The Morgan fingerprint density at radius 2 is 1.88 bits per heavy atom. The highest BCUT2D eigenvalue weighted by atomic mass is 32.2. The third kappa shape index (κ3) is 4.70. The summed E-state index contributed by atoms with van der Waals surface area (Å²) in [6, 6.07) is 11.2. The van der Waals surface area contributed by atoms with Crippen LogP contribution in [-0.4, -0.2) is 33.0 Å². The van der Waals surface area contributed by atoms with Gasteiger partial charge in [-0.15, -0.1) is 11.3 Å². The second-order valence-electron chi connectivity index (χ2n) is 6.91. The average Bonchev–Trinajstić information content (AvgIpc) is 3.11. The Kier molecular flexibility index (Phi) is 5.94. The van der Waals surface area contributed by atoms with Crippen molar-refractivity contribution in [2.45, 2.75) is 37.6 Å². The van der Waals surface area contributed by atoms with Crippen LogP contribution in [0.3, 0.4) is 0 Å². The van der Waals surface area contributed by atoms with Crippen LogP contribution < -0.4 is 4.72 Å². The highest BCUT2D eigenvalue weighted by molar-refractivity contribution is 7.89. The zero-order chi connectivity index (χ0) is 17.9. The first kappa shape index (κ1) is 18.6. The van der Waals surface area contributed by atoms with E-state index in [9.17, 15) is 8.42 Å². The maximum Gasteiger partial charge on any atom is 0.240 e. The van der Waals surface area contributed by atoms with Gasteiger partial charge >= 0.3 is 0 Å². The van der Waals surface area contributed by atoms with Gasteiger partial charge in [-0.2, -0.15) is 0 Å². The third-order valence-electron chi connectivity index (χ3n) is 4.93. The zero-order valence-corrected chi connectivity index (χ0v) is 16.4. The maximum atomic E-state index is 12.6. The van der Waals surface area contributed by atoms with Gasteiger partial charge in [-0.05, 0) is 62.4 Å². The van der Waals surface area contributed by atoms with Crippen molar-refractivity contribution in [3.05, 3.63) is 52.2 Å². The largest absolute Gasteiger partial charge is 0.294 e. The number of rotatable bonds is 6. The van der Waals surface area contributed by atoms with E-state index in [1.807, 2.05) is 25.1 Å². The number of hydrogen-bond acceptors (Lipinski definition) is 4. The first-order chi connectivity index (χ1) is 12.0. The van der Waals surface area contributed by atoms with Crippen LogP contribution in [0.4, 0.5) is 0 Å². The SMILES string of the molecule is Cc1ccc(S(=O)(=O)NCC(c2cccs2)N2CCC(C)CC2)cc1. The highest BCUT2D eigenvalue weighted by Crippen LogP contribution is 2.29. The fourth-order valence-electron chi connectivity index (χ4n) is 3.22. The van der Waals surface area contributed by atoms with Crippen molar-refractivity contribution in [2.24, 2.45) is 5.92 Å². The lowest BCUT2D eigenvalue weighted by Crippen LogP contribution is -2.41. The van der Waals surface area contributed by atoms with Crippen LogP contribution >= 0.6 is 11.3 Å². The van der Waals surface area contributed by atoms with Gasteiger partial charge in [0.1, 0.15) is 0 Å². The summed E-state index contributed by atoms with van der Waals surface area (Å²) in [7, 11) is -3.48. The normalized spacial score (nSPS) is 18.3. The van der Waals surface area contributed by atoms with E-state index in [0.717, 1.165) is 24.6 Å². The summed E-state index contributed by atoms with van der Waals surface area (Å²) in [6.07, 6.45) is 2.35. The average molecular weight is 379 g/mol. The number of nitrogens with one attached hydrogen (secondary N) is 1. The molecule has 0 saturated carbocycles. The first-order valence-electron chi connectivity index (χ1n) is 8.79. The van der Waals surface area contributed by atoms with Gasteiger partial charge in [-0.3, -0.25) is 4.90 Å². The summed E-state index contributed by atoms with van der Waals surface area (Å²) in [5.74, 6) is 0.754. The van der Waals surface area contributed by atoms with Crippen molar-refractivity contribution in [3.63, 3.8) is 0 Å². The number of piperidine rings is 1. The van der Waals surface area contributed by atoms with Gasteiger partial charge in [0.15, 0.2) is 0 Å². The molecule has 4 nitrogen and oxygen atoms in total. The molecular formula is C19H26N2O2S2. The number of thiophene rings is 1. The van der Waals surface area contributed by atoms with Crippen LogP contribution in [0.15, 0.2) is 46.7 Å². The Bertz CT molecular complexity index is 762. The first-order valence-corrected chi connectivity index (χ1v) is 11.2. The van der Waals surface area contributed by atoms with E-state index in [0.29, 0.717) is 11.4 Å². The van der Waals surface area contributed by atoms with Gasteiger partial charge in [0.2, 0.25) is 10.0 Å². The molecule has 1 unspecified atom stereocenters. The van der Waals surface area contributed by atoms with E-state index in [4.69, 9.17) is 0 Å². The molecule has 1 saturated heterocycles. The molecule has 1 aliphatic rings. The second kappa shape index (κ2) is 7.99. The topological polar surface area (TPSA) is 49.4 Å². The molecule has 2 heterocycles. The molecular weight excluding hydrogens is 352 g/mol. The van der Waals surface area contributed by atoms with Crippen LogP contribution in [0.5, 0.6) is 0 Å². The van der Waals surface area contributed by atoms with E-state index in [1.165, 1.54) is 17.7 Å². The molecule has 1 aliphatic heterocycles. The highest BCUT2D eigenvalue weighted by Gasteiger charge is 2.27. The number of sulfonamides is 1. The molecule has 1 fully saturated rings. The molecule has 1 aromatic heterocycles. The molecule has 0 aliphatic carbocycles. The lowest BCUT2D eigenvalue weighted by molar-refractivity contribution is 0.141. The molecule has 3 rings (SSSR count). The zero-order valence-electron chi connectivity index (χ0n) is 14.8. The Labute approximate surface area is 154 Å². The standard InChI is InChI=1S/C19H26N2O2S2/c1-15-5-7-17(8-6-15)25(22,23)20-14-18(19-4-3-13-24-19)21-11-9-16(2)10-12-21/h3-8,13,16,18,20H,9-12,14H2,1-2H3. The minimum absolute atomic E-state index is 0.104. The van der Waals surface area contributed by atoms with Crippen LogP contribution in [0.2, 0.25) is 0 Å². The molecule has 136 valence electrons. The molecule has 0 bridgehead atoms. The van der Waals surface area contributed by atoms with E-state index >= 15 is 0 Å². The van der Waals surface area contributed by atoms with Crippen LogP contribution in [0.1, 0.15) is 36.2 Å². The van der Waals surface area contributed by atoms with Crippen molar-refractivity contribution in [1.29, 1.82) is 0 Å². The van der Waals surface area contributed by atoms with Crippen molar-refractivity contribution in [1.82, 2.24) is 9.62 Å². The van der Waals surface area contributed by atoms with Gasteiger partial charge in [0.05, 0.1) is 10.9 Å². The van der Waals surface area contributed by atoms with Crippen molar-refractivity contribution < 1.29 is 8.42 Å². The number of benzene rings is 1. The van der Waals surface area contributed by atoms with Crippen LogP contribution in [0, 0.1) is 12.8 Å². The van der Waals surface area contributed by atoms with E-state index in [2.05, 4.69) is 28.0 Å². The predicted octanol–water partition coefficient (Wildman–Crippen LogP) is 3.81. The van der Waals surface area contributed by atoms with Gasteiger partial charge in [0.25, 0.3) is 0 Å². The Morgan fingerprint density at radius 1 is 1.20 bits per heavy atom. The summed E-state index contributed by atoms with van der Waals surface area (Å²) < 4.78 is 28.1. The molecule has 25 heavy (non-hydrogen) atoms. The third-order valence-corrected chi connectivity index (χ3v) is 7.34. The number of nitrogens with zero attached hydrogens (tertiary/aromatic N) is 1. The lowest BCUT2D eigenvalue weighted by atomic mass is 9.97. The van der Waals surface area contributed by atoms with Gasteiger partial charge in [-0.1, -0.05) is 30.7 Å². The second-order valence-corrected chi connectivity index (χ2v) is 9.66. The molecule has 0 spiro atoms. The number of likely N-dealkylation sites (tertiary alicyclic amines) is 1. The van der Waals surface area contributed by atoms with Gasteiger partial charge < -0.3 is 0 Å². The van der Waals surface area contributed by atoms with Crippen molar-refractivity contribution >= 4 is 21.4 Å². The van der Waals surface area contributed by atoms with Gasteiger partial charge in [-0.25, -0.2) is 13.1 Å². The fourth-order valence-corrected chi connectivity index (χ4v) is 5.12. The minimum atomic E-state index is -3.48. The molecule has 6 heteroatoms. The summed E-state index contributed by atoms with van der Waals surface area (Å²) in [5, 5.41) is 2.06. The molecule has 0 radical (unpaired) electrons. The Morgan fingerprint density at radius 3 is 2.48 bits per heavy atom. The summed E-state index contributed by atoms with van der Waals surface area (Å²) >= 11 is 1.70. The molecule has 1 N–H and O–H groups in total. The monoisotopic (exact) mass is 378 g/mol. The summed E-state index contributed by atoms with van der Waals surface area (Å²) in [5.41, 5.74) is 1.05. The fraction of sp³-hybridized carbons (Fsp3) is 0.474. The van der Waals surface area contributed by atoms with Crippen LogP contribution in [0.25, 0.3) is 0 Å². The van der Waals surface area contributed by atoms with Crippen molar-refractivity contribution in [2.75, 3.05) is 19.6 Å². The van der Waals surface area contributed by atoms with Crippen molar-refractivity contribution in [3.8, 4) is 0 Å². The number of hydrogen-bond donors (Lipinski definition) is 1. The predicted molar refractivity (Wildman–Crippen MR) is 103 cm³/mol. The Balaban J connectivity index is 1.73. The number of aryl methyl sites for hydroxylation is 1. The summed E-state index contributed by atoms with van der Waals surface area (Å²) in [6.45, 7) is 6.70. The smallest absolute Gasteiger partial charge is 0.240 e. The quantitative estimate of drug-likeness (QED) is 0.832. The summed E-state index contributed by atoms with van der Waals surface area (Å²) in [4.78, 5) is 3.97. The maximum absolute atomic E-state index is 12.6. The Hall–Kier alpha value is -1.21. The van der Waals surface area contributed by atoms with Gasteiger partial charge in [0, 0.05) is 11.4 Å². The molecule has 1 aromatic carbocycles. The van der Waals surface area contributed by atoms with Crippen LogP contribution in [-0.2, 0) is 10.0 Å². The lowest BCUT2D eigenvalue weighted by Gasteiger charge is -2.36. The molecule has 1 atom stereocenters. The van der Waals surface area contributed by atoms with E-state index in [-0.39, 0.29) is 6.04 Å². The van der Waals surface area contributed by atoms with E-state index < -0.39 is 10.0 Å². The minimum Gasteiger partial charge on any atom is -0.294 e. The molecule has 0 amide bonds. The van der Waals surface area contributed by atoms with E-state index in [1.54, 1.807) is 23.5 Å². The molecule has 2 aromatic rings.